The van der Waals surface area contributed by atoms with Crippen molar-refractivity contribution in [1.82, 2.24) is 0 Å². The van der Waals surface area contributed by atoms with Gasteiger partial charge in [0.2, 0.25) is 11.6 Å². The molecule has 0 aromatic heterocycles. The Labute approximate surface area is 208 Å². The number of hydrogen-bond acceptors (Lipinski definition) is 8. The molecule has 4 rings (SSSR count). The molecule has 0 saturated heterocycles. The fraction of sp³-hybridized carbons (Fsp3) is 0.250. The van der Waals surface area contributed by atoms with Gasteiger partial charge in [0.1, 0.15) is 13.2 Å². The number of methoxy groups -OCH3 is 3. The average Bonchev–Trinajstić information content (AvgIpc) is 2.94. The van der Waals surface area contributed by atoms with Crippen LogP contribution in [0.2, 0.25) is 0 Å². The first-order chi connectivity index (χ1) is 17.4. The van der Waals surface area contributed by atoms with Crippen LogP contribution in [-0.2, 0) is 17.6 Å². The van der Waals surface area contributed by atoms with Crippen LogP contribution in [0.5, 0.6) is 23.0 Å². The predicted octanol–water partition coefficient (Wildman–Crippen LogP) is 4.11. The summed E-state index contributed by atoms with van der Waals surface area (Å²) in [6, 6.07) is 14.7. The van der Waals surface area contributed by atoms with E-state index in [1.807, 2.05) is 18.2 Å². The number of hydrogen-bond donors (Lipinski definition) is 0. The molecule has 3 aromatic rings. The van der Waals surface area contributed by atoms with Crippen molar-refractivity contribution >= 4 is 17.5 Å². The molecule has 0 unspecified atom stereocenters. The summed E-state index contributed by atoms with van der Waals surface area (Å²) in [4.78, 5) is 38.1. The van der Waals surface area contributed by atoms with E-state index in [1.54, 1.807) is 26.4 Å². The Morgan fingerprint density at radius 2 is 1.36 bits per heavy atom. The molecular formula is C28H26O8. The zero-order valence-electron chi connectivity index (χ0n) is 20.3. The lowest BCUT2D eigenvalue weighted by atomic mass is 9.93. The third-order valence-electron chi connectivity index (χ3n) is 5.92. The van der Waals surface area contributed by atoms with Gasteiger partial charge in [0.05, 0.1) is 26.9 Å². The smallest absolute Gasteiger partial charge is 0.337 e. The highest BCUT2D eigenvalue weighted by Gasteiger charge is 2.25. The van der Waals surface area contributed by atoms with Crippen LogP contribution in [0.3, 0.4) is 0 Å². The number of fused-ring (bicyclic) bond motifs is 1. The molecular weight excluding hydrogens is 464 g/mol. The number of ketones is 2. The van der Waals surface area contributed by atoms with Gasteiger partial charge in [-0.2, -0.15) is 0 Å². The molecule has 8 nitrogen and oxygen atoms in total. The maximum Gasteiger partial charge on any atom is 0.337 e. The van der Waals surface area contributed by atoms with E-state index in [1.165, 1.54) is 31.4 Å². The first-order valence-electron chi connectivity index (χ1n) is 11.4. The first kappa shape index (κ1) is 24.8. The summed E-state index contributed by atoms with van der Waals surface area (Å²) in [5.74, 6) is 0.322. The van der Waals surface area contributed by atoms with Crippen molar-refractivity contribution < 1.29 is 38.1 Å². The lowest BCUT2D eigenvalue weighted by Crippen LogP contribution is -2.20. The fourth-order valence-corrected chi connectivity index (χ4v) is 3.99. The zero-order valence-corrected chi connectivity index (χ0v) is 20.3. The van der Waals surface area contributed by atoms with Gasteiger partial charge in [-0.25, -0.2) is 4.79 Å². The Morgan fingerprint density at radius 3 is 2.00 bits per heavy atom. The van der Waals surface area contributed by atoms with Crippen LogP contribution < -0.4 is 18.9 Å². The standard InChI is InChI=1S/C28H26O8/c1-32-22-11-5-17(14-23(22)33-2)4-6-20-15-24-25(36-13-12-35-24)16-21(20)27(30)26(29)18-7-9-19(10-8-18)28(31)34-3/h5,7-11,14-16H,4,6,12-13H2,1-3H3. The third-order valence-corrected chi connectivity index (χ3v) is 5.92. The molecule has 0 atom stereocenters. The highest BCUT2D eigenvalue weighted by molar-refractivity contribution is 6.49. The van der Waals surface area contributed by atoms with Crippen LogP contribution in [0.4, 0.5) is 0 Å². The van der Waals surface area contributed by atoms with Gasteiger partial charge in [0.15, 0.2) is 23.0 Å². The maximum absolute atomic E-state index is 13.3. The summed E-state index contributed by atoms with van der Waals surface area (Å²) < 4.78 is 26.7. The Morgan fingerprint density at radius 1 is 0.722 bits per heavy atom. The average molecular weight is 491 g/mol. The summed E-state index contributed by atoms with van der Waals surface area (Å²) in [6.07, 6.45) is 1.06. The van der Waals surface area contributed by atoms with Crippen LogP contribution in [0.15, 0.2) is 54.6 Å². The second-order valence-electron chi connectivity index (χ2n) is 8.07. The number of esters is 1. The molecule has 0 fully saturated rings. The molecule has 36 heavy (non-hydrogen) atoms. The molecule has 3 aromatic carbocycles. The van der Waals surface area contributed by atoms with Gasteiger partial charge in [0, 0.05) is 11.1 Å². The van der Waals surface area contributed by atoms with Crippen LogP contribution in [0, 0.1) is 0 Å². The van der Waals surface area contributed by atoms with E-state index < -0.39 is 17.5 Å². The van der Waals surface area contributed by atoms with E-state index in [-0.39, 0.29) is 16.7 Å². The van der Waals surface area contributed by atoms with Crippen molar-refractivity contribution in [1.29, 1.82) is 0 Å². The summed E-state index contributed by atoms with van der Waals surface area (Å²) in [6.45, 7) is 0.759. The number of rotatable bonds is 9. The second-order valence-corrected chi connectivity index (χ2v) is 8.07. The van der Waals surface area contributed by atoms with Crippen LogP contribution in [0.25, 0.3) is 0 Å². The Bertz CT molecular complexity index is 1290. The molecule has 8 heteroatoms. The third kappa shape index (κ3) is 5.17. The van der Waals surface area contributed by atoms with Crippen molar-refractivity contribution in [2.24, 2.45) is 0 Å². The summed E-state index contributed by atoms with van der Waals surface area (Å²) in [5, 5.41) is 0. The molecule has 0 radical (unpaired) electrons. The maximum atomic E-state index is 13.3. The number of Topliss-reactive ketones (excluding diaryl/α,β-unsaturated/α-hetero) is 2. The van der Waals surface area contributed by atoms with E-state index in [2.05, 4.69) is 4.74 Å². The molecule has 0 spiro atoms. The van der Waals surface area contributed by atoms with Gasteiger partial charge >= 0.3 is 5.97 Å². The second kappa shape index (κ2) is 10.9. The number of aryl methyl sites for hydroxylation is 2. The van der Waals surface area contributed by atoms with Gasteiger partial charge in [0.25, 0.3) is 0 Å². The van der Waals surface area contributed by atoms with E-state index in [0.29, 0.717) is 54.6 Å². The fourth-order valence-electron chi connectivity index (χ4n) is 3.99. The topological polar surface area (TPSA) is 97.4 Å². The van der Waals surface area contributed by atoms with E-state index >= 15 is 0 Å². The minimum absolute atomic E-state index is 0.174. The first-order valence-corrected chi connectivity index (χ1v) is 11.4. The van der Waals surface area contributed by atoms with Gasteiger partial charge in [-0.15, -0.1) is 0 Å². The van der Waals surface area contributed by atoms with Crippen molar-refractivity contribution in [3.8, 4) is 23.0 Å². The summed E-state index contributed by atoms with van der Waals surface area (Å²) >= 11 is 0. The van der Waals surface area contributed by atoms with Gasteiger partial charge in [-0.05, 0) is 60.4 Å². The number of carbonyl (C=O) groups is 3. The zero-order chi connectivity index (χ0) is 25.7. The minimum Gasteiger partial charge on any atom is -0.493 e. The van der Waals surface area contributed by atoms with Crippen molar-refractivity contribution in [2.75, 3.05) is 34.5 Å². The van der Waals surface area contributed by atoms with Crippen molar-refractivity contribution in [3.63, 3.8) is 0 Å². The van der Waals surface area contributed by atoms with Crippen LogP contribution >= 0.6 is 0 Å². The monoisotopic (exact) mass is 490 g/mol. The highest BCUT2D eigenvalue weighted by Crippen LogP contribution is 2.35. The summed E-state index contributed by atoms with van der Waals surface area (Å²) in [5.41, 5.74) is 2.36. The number of carbonyl (C=O) groups excluding carboxylic acids is 3. The van der Waals surface area contributed by atoms with Gasteiger partial charge < -0.3 is 23.7 Å². The quantitative estimate of drug-likeness (QED) is 0.251. The predicted molar refractivity (Wildman–Crippen MR) is 131 cm³/mol. The summed E-state index contributed by atoms with van der Waals surface area (Å²) in [7, 11) is 4.42. The van der Waals surface area contributed by atoms with Crippen molar-refractivity contribution in [3.05, 3.63) is 82.4 Å². The molecule has 1 aliphatic heterocycles. The van der Waals surface area contributed by atoms with Crippen molar-refractivity contribution in [2.45, 2.75) is 12.8 Å². The molecule has 0 N–H and O–H groups in total. The molecule has 0 saturated carbocycles. The van der Waals surface area contributed by atoms with E-state index in [0.717, 1.165) is 5.56 Å². The molecule has 1 aliphatic rings. The minimum atomic E-state index is -0.685. The Hall–Kier alpha value is -4.33. The SMILES string of the molecule is COC(=O)c1ccc(C(=O)C(=O)c2cc3c(cc2CCc2ccc(OC)c(OC)c2)OCCO3)cc1. The molecule has 186 valence electrons. The van der Waals surface area contributed by atoms with E-state index in [4.69, 9.17) is 18.9 Å². The normalized spacial score (nSPS) is 12.0. The highest BCUT2D eigenvalue weighted by atomic mass is 16.6. The van der Waals surface area contributed by atoms with Gasteiger partial charge in [-0.1, -0.05) is 18.2 Å². The Balaban J connectivity index is 1.62. The van der Waals surface area contributed by atoms with E-state index in [9.17, 15) is 14.4 Å². The lowest BCUT2D eigenvalue weighted by molar-refractivity contribution is 0.0600. The van der Waals surface area contributed by atoms with Crippen LogP contribution in [0.1, 0.15) is 42.2 Å². The van der Waals surface area contributed by atoms with Gasteiger partial charge in [-0.3, -0.25) is 9.59 Å². The molecule has 1 heterocycles. The number of ether oxygens (including phenoxy) is 5. The largest absolute Gasteiger partial charge is 0.493 e. The molecule has 0 bridgehead atoms. The molecule has 0 amide bonds. The Kier molecular flexibility index (Phi) is 7.53. The lowest BCUT2D eigenvalue weighted by Gasteiger charge is -2.21. The number of benzene rings is 3. The molecule has 0 aliphatic carbocycles. The van der Waals surface area contributed by atoms with Crippen LogP contribution in [-0.4, -0.2) is 52.1 Å².